The van der Waals surface area contributed by atoms with Crippen LogP contribution in [0.4, 0.5) is 5.69 Å². The fraction of sp³-hybridized carbons (Fsp3) is 0.462. The third-order valence-electron chi connectivity index (χ3n) is 2.81. The zero-order chi connectivity index (χ0) is 14.7. The number of thiocarbonyl (C=S) groups is 1. The minimum absolute atomic E-state index is 0.0989. The van der Waals surface area contributed by atoms with Gasteiger partial charge in [0.05, 0.1) is 17.8 Å². The quantitative estimate of drug-likeness (QED) is 0.787. The molecule has 0 unspecified atom stereocenters. The van der Waals surface area contributed by atoms with Gasteiger partial charge >= 0.3 is 0 Å². The average molecular weight is 280 g/mol. The molecule has 0 radical (unpaired) electrons. The van der Waals surface area contributed by atoms with E-state index in [1.54, 1.807) is 0 Å². The summed E-state index contributed by atoms with van der Waals surface area (Å²) in [7, 11) is 0. The Hall–Kier alpha value is -1.69. The molecule has 0 aromatic carbocycles. The van der Waals surface area contributed by atoms with Crippen LogP contribution in [0.25, 0.3) is 0 Å². The molecule has 0 spiro atoms. The molecule has 1 aromatic rings. The molecule has 5 nitrogen and oxygen atoms in total. The molecule has 1 amide bonds. The van der Waals surface area contributed by atoms with Crippen LogP contribution in [0.3, 0.4) is 0 Å². The Morgan fingerprint density at radius 3 is 2.42 bits per heavy atom. The lowest BCUT2D eigenvalue weighted by Gasteiger charge is -2.30. The molecule has 19 heavy (non-hydrogen) atoms. The fourth-order valence-corrected chi connectivity index (χ4v) is 2.31. The standard InChI is InChI=1S/C13H20N4OS/c1-7(2)17(6-11(14)18)10-5-8(3)16-9(4)12(10)13(15)19/h5,7H,6H2,1-4H3,(H2,14,18)(H2,15,19). The van der Waals surface area contributed by atoms with Gasteiger partial charge in [-0.3, -0.25) is 9.78 Å². The van der Waals surface area contributed by atoms with Crippen LogP contribution in [0.2, 0.25) is 0 Å². The average Bonchev–Trinajstić information content (AvgIpc) is 2.23. The van der Waals surface area contributed by atoms with Gasteiger partial charge in [-0.15, -0.1) is 0 Å². The van der Waals surface area contributed by atoms with Gasteiger partial charge in [0.15, 0.2) is 0 Å². The van der Waals surface area contributed by atoms with Gasteiger partial charge in [-0.1, -0.05) is 12.2 Å². The van der Waals surface area contributed by atoms with Crippen LogP contribution in [0, 0.1) is 13.8 Å². The molecule has 0 aliphatic heterocycles. The van der Waals surface area contributed by atoms with Crippen molar-refractivity contribution in [3.05, 3.63) is 23.0 Å². The van der Waals surface area contributed by atoms with Gasteiger partial charge in [-0.25, -0.2) is 0 Å². The van der Waals surface area contributed by atoms with Gasteiger partial charge < -0.3 is 16.4 Å². The van der Waals surface area contributed by atoms with E-state index in [1.165, 1.54) is 0 Å². The lowest BCUT2D eigenvalue weighted by atomic mass is 10.1. The van der Waals surface area contributed by atoms with E-state index in [9.17, 15) is 4.79 Å². The number of carbonyl (C=O) groups is 1. The van der Waals surface area contributed by atoms with Crippen molar-refractivity contribution < 1.29 is 4.79 Å². The number of pyridine rings is 1. The first-order valence-electron chi connectivity index (χ1n) is 6.07. The van der Waals surface area contributed by atoms with Gasteiger partial charge in [0.1, 0.15) is 4.99 Å². The summed E-state index contributed by atoms with van der Waals surface area (Å²) in [5, 5.41) is 0. The summed E-state index contributed by atoms with van der Waals surface area (Å²) >= 11 is 5.09. The lowest BCUT2D eigenvalue weighted by molar-refractivity contribution is -0.116. The molecule has 1 heterocycles. The van der Waals surface area contributed by atoms with Crippen LogP contribution in [0.5, 0.6) is 0 Å². The summed E-state index contributed by atoms with van der Waals surface area (Å²) in [4.78, 5) is 17.8. The number of primary amides is 1. The van der Waals surface area contributed by atoms with Crippen molar-refractivity contribution in [2.45, 2.75) is 33.7 Å². The second kappa shape index (κ2) is 5.97. The smallest absolute Gasteiger partial charge is 0.236 e. The van der Waals surface area contributed by atoms with Crippen LogP contribution >= 0.6 is 12.2 Å². The summed E-state index contributed by atoms with van der Waals surface area (Å²) in [6, 6.07) is 1.98. The number of carbonyl (C=O) groups excluding carboxylic acids is 1. The van der Waals surface area contributed by atoms with E-state index < -0.39 is 5.91 Å². The summed E-state index contributed by atoms with van der Waals surface area (Å²) in [5.74, 6) is -0.394. The Balaban J connectivity index is 3.43. The summed E-state index contributed by atoms with van der Waals surface area (Å²) in [6.45, 7) is 7.83. The number of amides is 1. The van der Waals surface area contributed by atoms with Gasteiger partial charge in [-0.2, -0.15) is 0 Å². The van der Waals surface area contributed by atoms with Crippen molar-refractivity contribution >= 4 is 28.8 Å². The van der Waals surface area contributed by atoms with Crippen LogP contribution in [-0.4, -0.2) is 28.5 Å². The van der Waals surface area contributed by atoms with Gasteiger partial charge in [-0.05, 0) is 33.8 Å². The Kier molecular flexibility index (Phi) is 4.83. The summed E-state index contributed by atoms with van der Waals surface area (Å²) in [6.07, 6.45) is 0. The first-order valence-corrected chi connectivity index (χ1v) is 6.47. The Morgan fingerprint density at radius 1 is 1.42 bits per heavy atom. The molecule has 0 saturated carbocycles. The molecule has 0 fully saturated rings. The first-order chi connectivity index (χ1) is 8.73. The minimum Gasteiger partial charge on any atom is -0.389 e. The van der Waals surface area contributed by atoms with Gasteiger partial charge in [0, 0.05) is 17.4 Å². The first kappa shape index (κ1) is 15.4. The normalized spacial score (nSPS) is 10.6. The van der Waals surface area contributed by atoms with E-state index in [0.717, 1.165) is 17.1 Å². The minimum atomic E-state index is -0.394. The maximum absolute atomic E-state index is 11.2. The van der Waals surface area contributed by atoms with Crippen LogP contribution in [0.1, 0.15) is 30.8 Å². The maximum Gasteiger partial charge on any atom is 0.236 e. The number of nitrogens with zero attached hydrogens (tertiary/aromatic N) is 2. The summed E-state index contributed by atoms with van der Waals surface area (Å²) < 4.78 is 0. The van der Waals surface area contributed by atoms with Crippen molar-refractivity contribution in [2.75, 3.05) is 11.4 Å². The highest BCUT2D eigenvalue weighted by atomic mass is 32.1. The van der Waals surface area contributed by atoms with Crippen molar-refractivity contribution in [3.8, 4) is 0 Å². The molecule has 0 saturated heterocycles. The zero-order valence-corrected chi connectivity index (χ0v) is 12.5. The third-order valence-corrected chi connectivity index (χ3v) is 3.02. The van der Waals surface area contributed by atoms with E-state index in [2.05, 4.69) is 4.98 Å². The van der Waals surface area contributed by atoms with Crippen LogP contribution in [0.15, 0.2) is 6.07 Å². The number of anilines is 1. The Labute approximate surface area is 119 Å². The predicted octanol–water partition coefficient (Wildman–Crippen LogP) is 1.03. The van der Waals surface area contributed by atoms with Crippen LogP contribution in [-0.2, 0) is 4.79 Å². The van der Waals surface area contributed by atoms with E-state index in [1.807, 2.05) is 38.7 Å². The fourth-order valence-electron chi connectivity index (χ4n) is 2.05. The Bertz CT molecular complexity index is 514. The van der Waals surface area contributed by atoms with Crippen molar-refractivity contribution in [3.63, 3.8) is 0 Å². The number of hydrogen-bond acceptors (Lipinski definition) is 4. The van der Waals surface area contributed by atoms with Gasteiger partial charge in [0.25, 0.3) is 0 Å². The SMILES string of the molecule is Cc1cc(N(CC(N)=O)C(C)C)c(C(N)=S)c(C)n1. The molecular weight excluding hydrogens is 260 g/mol. The number of nitrogens with two attached hydrogens (primary N) is 2. The predicted molar refractivity (Wildman–Crippen MR) is 81.3 cm³/mol. The molecule has 0 aliphatic rings. The maximum atomic E-state index is 11.2. The molecule has 4 N–H and O–H groups in total. The molecule has 104 valence electrons. The largest absolute Gasteiger partial charge is 0.389 e. The summed E-state index contributed by atoms with van der Waals surface area (Å²) in [5.41, 5.74) is 14.2. The number of aromatic nitrogens is 1. The molecule has 0 atom stereocenters. The van der Waals surface area contributed by atoms with Gasteiger partial charge in [0.2, 0.25) is 5.91 Å². The highest BCUT2D eigenvalue weighted by Gasteiger charge is 2.20. The lowest BCUT2D eigenvalue weighted by Crippen LogP contribution is -2.40. The zero-order valence-electron chi connectivity index (χ0n) is 11.7. The third kappa shape index (κ3) is 3.64. The van der Waals surface area contributed by atoms with Crippen molar-refractivity contribution in [1.82, 2.24) is 4.98 Å². The second-order valence-electron chi connectivity index (χ2n) is 4.80. The van der Waals surface area contributed by atoms with Crippen molar-refractivity contribution in [1.29, 1.82) is 0 Å². The van der Waals surface area contributed by atoms with E-state index in [0.29, 0.717) is 5.56 Å². The number of aryl methyl sites for hydroxylation is 2. The molecule has 1 rings (SSSR count). The number of hydrogen-bond donors (Lipinski definition) is 2. The van der Waals surface area contributed by atoms with Crippen molar-refractivity contribution in [2.24, 2.45) is 11.5 Å². The highest BCUT2D eigenvalue weighted by Crippen LogP contribution is 2.25. The molecule has 6 heteroatoms. The van der Waals surface area contributed by atoms with Crippen LogP contribution < -0.4 is 16.4 Å². The Morgan fingerprint density at radius 2 is 2.00 bits per heavy atom. The topological polar surface area (TPSA) is 85.2 Å². The molecular formula is C13H20N4OS. The van der Waals surface area contributed by atoms with E-state index in [4.69, 9.17) is 23.7 Å². The highest BCUT2D eigenvalue weighted by molar-refractivity contribution is 7.80. The van der Waals surface area contributed by atoms with E-state index >= 15 is 0 Å². The van der Waals surface area contributed by atoms with E-state index in [-0.39, 0.29) is 17.6 Å². The monoisotopic (exact) mass is 280 g/mol. The molecule has 0 aliphatic carbocycles. The molecule has 0 bridgehead atoms. The molecule has 1 aromatic heterocycles. The second-order valence-corrected chi connectivity index (χ2v) is 5.24. The number of rotatable bonds is 5.